The fourth-order valence-corrected chi connectivity index (χ4v) is 4.91. The van der Waals surface area contributed by atoms with Crippen molar-refractivity contribution in [1.29, 1.82) is 0 Å². The number of nitrogens with one attached hydrogen (secondary N) is 1. The van der Waals surface area contributed by atoms with Crippen LogP contribution in [-0.2, 0) is 6.54 Å². The molecule has 0 unspecified atom stereocenters. The third kappa shape index (κ3) is 4.31. The lowest BCUT2D eigenvalue weighted by atomic mass is 10.0. The lowest BCUT2D eigenvalue weighted by Gasteiger charge is -2.23. The average Bonchev–Trinajstić information content (AvgIpc) is 3.23. The minimum absolute atomic E-state index is 0.742. The molecule has 0 spiro atoms. The Morgan fingerprint density at radius 3 is 2.58 bits per heavy atom. The van der Waals surface area contributed by atoms with Crippen LogP contribution in [-0.4, -0.2) is 49.6 Å². The van der Waals surface area contributed by atoms with Gasteiger partial charge in [0.25, 0.3) is 0 Å². The number of aromatic nitrogens is 2. The van der Waals surface area contributed by atoms with Gasteiger partial charge in [-0.25, -0.2) is 9.98 Å². The summed E-state index contributed by atoms with van der Waals surface area (Å²) in [6.45, 7) is 4.54. The first-order valence-electron chi connectivity index (χ1n) is 11.7. The number of fused-ring (bicyclic) bond motifs is 2. The third-order valence-electron chi connectivity index (χ3n) is 6.64. The van der Waals surface area contributed by atoms with E-state index in [-0.39, 0.29) is 0 Å². The van der Waals surface area contributed by atoms with Crippen LogP contribution >= 0.6 is 0 Å². The molecule has 3 aromatic carbocycles. The Balaban J connectivity index is 1.53. The molecule has 1 saturated heterocycles. The Labute approximate surface area is 194 Å². The summed E-state index contributed by atoms with van der Waals surface area (Å²) >= 11 is 0. The van der Waals surface area contributed by atoms with Gasteiger partial charge in [0, 0.05) is 22.6 Å². The number of benzene rings is 3. The number of nitrogens with zero attached hydrogens (tertiary/aromatic N) is 3. The number of hydrogen-bond acceptors (Lipinski definition) is 4. The van der Waals surface area contributed by atoms with Crippen molar-refractivity contribution in [2.24, 2.45) is 4.99 Å². The van der Waals surface area contributed by atoms with Crippen LogP contribution in [0, 0.1) is 0 Å². The van der Waals surface area contributed by atoms with Gasteiger partial charge < -0.3 is 18.9 Å². The predicted molar refractivity (Wildman–Crippen MR) is 133 cm³/mol. The van der Waals surface area contributed by atoms with Crippen LogP contribution in [0.1, 0.15) is 24.8 Å². The predicted octanol–water partition coefficient (Wildman–Crippen LogP) is 4.03. The number of piperidine rings is 1. The number of para-hydroxylation sites is 2. The number of methoxy groups -OCH3 is 2. The zero-order valence-corrected chi connectivity index (χ0v) is 19.4. The summed E-state index contributed by atoms with van der Waals surface area (Å²) in [5, 5.41) is 1.99. The van der Waals surface area contributed by atoms with E-state index in [0.29, 0.717) is 0 Å². The molecule has 0 amide bonds. The van der Waals surface area contributed by atoms with Crippen molar-refractivity contribution in [2.75, 3.05) is 33.9 Å². The van der Waals surface area contributed by atoms with Crippen LogP contribution < -0.4 is 14.4 Å². The minimum Gasteiger partial charge on any atom is -0.496 e. The SMILES string of the molecule is COc1ccc(C=Nc2nc3ccccc3n2CC[NH+]2CCCCC2)c2c(OC)cccc12. The second-order valence-corrected chi connectivity index (χ2v) is 8.61. The maximum absolute atomic E-state index is 5.66. The van der Waals surface area contributed by atoms with Gasteiger partial charge in [-0.1, -0.05) is 24.3 Å². The largest absolute Gasteiger partial charge is 0.496 e. The molecule has 0 aliphatic carbocycles. The topological polar surface area (TPSA) is 53.1 Å². The van der Waals surface area contributed by atoms with Crippen LogP contribution in [0.2, 0.25) is 0 Å². The summed E-state index contributed by atoms with van der Waals surface area (Å²) in [6.07, 6.45) is 5.93. The van der Waals surface area contributed by atoms with E-state index < -0.39 is 0 Å². The smallest absolute Gasteiger partial charge is 0.230 e. The quantitative estimate of drug-likeness (QED) is 0.439. The molecule has 0 bridgehead atoms. The normalized spacial score (nSPS) is 15.0. The fraction of sp³-hybridized carbons (Fsp3) is 0.333. The van der Waals surface area contributed by atoms with Gasteiger partial charge in [0.2, 0.25) is 5.95 Å². The van der Waals surface area contributed by atoms with Crippen LogP contribution in [0.4, 0.5) is 5.95 Å². The molecule has 5 rings (SSSR count). The van der Waals surface area contributed by atoms with Crippen molar-refractivity contribution < 1.29 is 14.4 Å². The molecule has 1 N–H and O–H groups in total. The molecule has 1 aromatic heterocycles. The monoisotopic (exact) mass is 443 g/mol. The van der Waals surface area contributed by atoms with Crippen LogP contribution in [0.5, 0.6) is 11.5 Å². The van der Waals surface area contributed by atoms with E-state index in [2.05, 4.69) is 22.8 Å². The summed E-state index contributed by atoms with van der Waals surface area (Å²) in [4.78, 5) is 11.4. The molecule has 1 aliphatic rings. The molecule has 1 aliphatic heterocycles. The molecule has 2 heterocycles. The molecular weight excluding hydrogens is 412 g/mol. The van der Waals surface area contributed by atoms with Crippen molar-refractivity contribution in [2.45, 2.75) is 25.8 Å². The first-order valence-corrected chi connectivity index (χ1v) is 11.7. The summed E-state index contributed by atoms with van der Waals surface area (Å²) in [5.74, 6) is 2.36. The van der Waals surface area contributed by atoms with Gasteiger partial charge in [-0.2, -0.15) is 0 Å². The van der Waals surface area contributed by atoms with E-state index in [1.807, 2.05) is 42.6 Å². The summed E-state index contributed by atoms with van der Waals surface area (Å²) < 4.78 is 13.5. The number of aliphatic imine (C=N–C) groups is 1. The first-order chi connectivity index (χ1) is 16.3. The number of hydrogen-bond donors (Lipinski definition) is 1. The second-order valence-electron chi connectivity index (χ2n) is 8.61. The number of imidazole rings is 1. The number of likely N-dealkylation sites (tertiary alicyclic amines) is 1. The number of rotatable bonds is 7. The highest BCUT2D eigenvalue weighted by Gasteiger charge is 2.16. The zero-order valence-electron chi connectivity index (χ0n) is 19.4. The Morgan fingerprint density at radius 2 is 1.76 bits per heavy atom. The second kappa shape index (κ2) is 9.63. The van der Waals surface area contributed by atoms with Gasteiger partial charge in [-0.3, -0.25) is 0 Å². The Morgan fingerprint density at radius 1 is 0.939 bits per heavy atom. The Bertz CT molecular complexity index is 1290. The van der Waals surface area contributed by atoms with E-state index in [1.54, 1.807) is 19.1 Å². The molecular formula is C27H31N4O2+. The molecule has 170 valence electrons. The average molecular weight is 444 g/mol. The van der Waals surface area contributed by atoms with Gasteiger partial charge in [0.1, 0.15) is 11.5 Å². The van der Waals surface area contributed by atoms with E-state index in [1.165, 1.54) is 32.4 Å². The first kappa shape index (κ1) is 21.5. The highest BCUT2D eigenvalue weighted by Crippen LogP contribution is 2.34. The van der Waals surface area contributed by atoms with E-state index in [0.717, 1.165) is 57.9 Å². The molecule has 1 fully saturated rings. The molecule has 33 heavy (non-hydrogen) atoms. The standard InChI is InChI=1S/C27H30N4O2/c1-32-24-14-13-20(26-21(24)9-8-12-25(26)33-2)19-28-27-29-22-10-4-5-11-23(22)31(27)18-17-30-15-6-3-7-16-30/h4-5,8-14,19H,3,6-7,15-18H2,1-2H3/p+1. The van der Waals surface area contributed by atoms with Gasteiger partial charge in [0.15, 0.2) is 0 Å². The van der Waals surface area contributed by atoms with E-state index in [9.17, 15) is 0 Å². The van der Waals surface area contributed by atoms with Gasteiger partial charge in [-0.05, 0) is 49.6 Å². The Kier molecular flexibility index (Phi) is 6.26. The van der Waals surface area contributed by atoms with Crippen LogP contribution in [0.15, 0.2) is 59.6 Å². The summed E-state index contributed by atoms with van der Waals surface area (Å²) in [7, 11) is 3.38. The molecule has 0 radical (unpaired) electrons. The number of ether oxygens (including phenoxy) is 2. The van der Waals surface area contributed by atoms with E-state index >= 15 is 0 Å². The summed E-state index contributed by atoms with van der Waals surface area (Å²) in [6, 6.07) is 18.3. The van der Waals surface area contributed by atoms with E-state index in [4.69, 9.17) is 19.5 Å². The lowest BCUT2D eigenvalue weighted by molar-refractivity contribution is -0.905. The van der Waals surface area contributed by atoms with Crippen molar-refractivity contribution in [1.82, 2.24) is 9.55 Å². The fourth-order valence-electron chi connectivity index (χ4n) is 4.91. The maximum atomic E-state index is 5.66. The van der Waals surface area contributed by atoms with Crippen molar-refractivity contribution >= 4 is 34.0 Å². The molecule has 4 aromatic rings. The third-order valence-corrected chi connectivity index (χ3v) is 6.64. The Hall–Kier alpha value is -3.38. The van der Waals surface area contributed by atoms with Crippen molar-refractivity contribution in [3.63, 3.8) is 0 Å². The minimum atomic E-state index is 0.742. The van der Waals surface area contributed by atoms with Crippen molar-refractivity contribution in [3.8, 4) is 11.5 Å². The maximum Gasteiger partial charge on any atom is 0.230 e. The van der Waals surface area contributed by atoms with Crippen LogP contribution in [0.3, 0.4) is 0 Å². The van der Waals surface area contributed by atoms with Gasteiger partial charge in [-0.15, -0.1) is 0 Å². The molecule has 6 nitrogen and oxygen atoms in total. The lowest BCUT2D eigenvalue weighted by Crippen LogP contribution is -3.13. The van der Waals surface area contributed by atoms with Gasteiger partial charge >= 0.3 is 0 Å². The molecule has 0 atom stereocenters. The molecule has 6 heteroatoms. The molecule has 0 saturated carbocycles. The van der Waals surface area contributed by atoms with Crippen molar-refractivity contribution in [3.05, 3.63) is 60.2 Å². The van der Waals surface area contributed by atoms with Crippen LogP contribution in [0.25, 0.3) is 21.8 Å². The zero-order chi connectivity index (χ0) is 22.6. The number of quaternary nitrogens is 1. The van der Waals surface area contributed by atoms with Gasteiger partial charge in [0.05, 0.1) is 51.4 Å². The summed E-state index contributed by atoms with van der Waals surface area (Å²) in [5.41, 5.74) is 3.09. The highest BCUT2D eigenvalue weighted by atomic mass is 16.5. The highest BCUT2D eigenvalue weighted by molar-refractivity contribution is 6.06.